The predicted octanol–water partition coefficient (Wildman–Crippen LogP) is 2.46. The summed E-state index contributed by atoms with van der Waals surface area (Å²) in [5.74, 6) is -1.19. The van der Waals surface area contributed by atoms with Gasteiger partial charge in [-0.3, -0.25) is 4.90 Å². The Labute approximate surface area is 125 Å². The molecule has 21 heavy (non-hydrogen) atoms. The molecule has 0 radical (unpaired) electrons. The van der Waals surface area contributed by atoms with Crippen molar-refractivity contribution in [1.29, 1.82) is 0 Å². The molecule has 6 heteroatoms. The number of hydrogen-bond donors (Lipinski definition) is 1. The van der Waals surface area contributed by atoms with E-state index in [1.807, 2.05) is 14.1 Å². The van der Waals surface area contributed by atoms with Crippen LogP contribution in [0.15, 0.2) is 0 Å². The van der Waals surface area contributed by atoms with Crippen LogP contribution in [0.5, 0.6) is 0 Å². The van der Waals surface area contributed by atoms with Crippen molar-refractivity contribution in [2.45, 2.75) is 56.3 Å². The van der Waals surface area contributed by atoms with Gasteiger partial charge in [0.25, 0.3) is 0 Å². The van der Waals surface area contributed by atoms with E-state index in [2.05, 4.69) is 9.80 Å². The molecule has 0 aromatic heterocycles. The van der Waals surface area contributed by atoms with Gasteiger partial charge in [0.1, 0.15) is 0 Å². The number of hydrogen-bond acceptors (Lipinski definition) is 3. The van der Waals surface area contributed by atoms with Crippen molar-refractivity contribution in [1.82, 2.24) is 9.80 Å². The van der Waals surface area contributed by atoms with Crippen LogP contribution in [0.4, 0.5) is 13.2 Å². The van der Waals surface area contributed by atoms with E-state index in [0.29, 0.717) is 19.0 Å². The fourth-order valence-corrected chi connectivity index (χ4v) is 4.03. The van der Waals surface area contributed by atoms with Crippen molar-refractivity contribution in [2.24, 2.45) is 11.7 Å². The summed E-state index contributed by atoms with van der Waals surface area (Å²) in [6.45, 7) is 2.06. The second kappa shape index (κ2) is 6.42. The van der Waals surface area contributed by atoms with Gasteiger partial charge in [0, 0.05) is 24.7 Å². The minimum atomic E-state index is -4.09. The zero-order valence-electron chi connectivity index (χ0n) is 13.1. The average molecular weight is 307 g/mol. The molecule has 124 valence electrons. The van der Waals surface area contributed by atoms with Crippen LogP contribution in [0.2, 0.25) is 0 Å². The highest BCUT2D eigenvalue weighted by Crippen LogP contribution is 2.44. The van der Waals surface area contributed by atoms with Crippen molar-refractivity contribution < 1.29 is 13.2 Å². The summed E-state index contributed by atoms with van der Waals surface area (Å²) in [5.41, 5.74) is 5.52. The smallest absolute Gasteiger partial charge is 0.329 e. The summed E-state index contributed by atoms with van der Waals surface area (Å²) in [4.78, 5) is 4.44. The largest absolute Gasteiger partial charge is 0.391 e. The second-order valence-electron chi connectivity index (χ2n) is 6.97. The van der Waals surface area contributed by atoms with Gasteiger partial charge in [-0.25, -0.2) is 0 Å². The van der Waals surface area contributed by atoms with Crippen molar-refractivity contribution in [3.63, 3.8) is 0 Å². The third-order valence-corrected chi connectivity index (χ3v) is 5.46. The van der Waals surface area contributed by atoms with Crippen molar-refractivity contribution in [3.8, 4) is 0 Å². The van der Waals surface area contributed by atoms with Gasteiger partial charge in [-0.2, -0.15) is 13.2 Å². The van der Waals surface area contributed by atoms with Gasteiger partial charge in [-0.1, -0.05) is 6.42 Å². The summed E-state index contributed by atoms with van der Waals surface area (Å²) in [6, 6.07) is 0.424. The van der Waals surface area contributed by atoms with Gasteiger partial charge in [0.15, 0.2) is 0 Å². The number of halogens is 3. The average Bonchev–Trinajstić information content (AvgIpc) is 2.46. The van der Waals surface area contributed by atoms with Crippen LogP contribution in [0.25, 0.3) is 0 Å². The Kier molecular flexibility index (Phi) is 5.21. The minimum absolute atomic E-state index is 0.174. The van der Waals surface area contributed by atoms with Crippen LogP contribution in [0, 0.1) is 5.92 Å². The Balaban J connectivity index is 2.13. The number of likely N-dealkylation sites (tertiary alicyclic amines) is 1. The number of alkyl halides is 3. The highest BCUT2D eigenvalue weighted by atomic mass is 19.4. The first-order chi connectivity index (χ1) is 9.78. The first-order valence-corrected chi connectivity index (χ1v) is 7.97. The van der Waals surface area contributed by atoms with E-state index < -0.39 is 17.6 Å². The lowest BCUT2D eigenvalue weighted by molar-refractivity contribution is -0.194. The van der Waals surface area contributed by atoms with E-state index in [1.54, 1.807) is 0 Å². The standard InChI is InChI=1S/C15H28F3N3/c1-20(2)13-6-4-8-21(10-13)14(11-19)7-3-5-12(9-14)15(16,17)18/h12-13H,3-11,19H2,1-2H3. The Hall–Kier alpha value is -0.330. The highest BCUT2D eigenvalue weighted by molar-refractivity contribution is 5.00. The van der Waals surface area contributed by atoms with Crippen LogP contribution in [-0.4, -0.2) is 61.3 Å². The van der Waals surface area contributed by atoms with E-state index in [9.17, 15) is 13.2 Å². The molecule has 2 rings (SSSR count). The molecule has 0 spiro atoms. The molecule has 3 atom stereocenters. The molecule has 0 aromatic carbocycles. The lowest BCUT2D eigenvalue weighted by Gasteiger charge is -2.51. The van der Waals surface area contributed by atoms with Gasteiger partial charge in [-0.15, -0.1) is 0 Å². The predicted molar refractivity (Wildman–Crippen MR) is 78.1 cm³/mol. The molecule has 2 fully saturated rings. The second-order valence-corrected chi connectivity index (χ2v) is 6.97. The van der Waals surface area contributed by atoms with Gasteiger partial charge < -0.3 is 10.6 Å². The number of rotatable bonds is 3. The molecule has 1 aliphatic carbocycles. The molecular formula is C15H28F3N3. The van der Waals surface area contributed by atoms with Gasteiger partial charge >= 0.3 is 6.18 Å². The summed E-state index contributed by atoms with van der Waals surface area (Å²) >= 11 is 0. The van der Waals surface area contributed by atoms with E-state index >= 15 is 0 Å². The fourth-order valence-electron chi connectivity index (χ4n) is 4.03. The molecule has 0 aromatic rings. The van der Waals surface area contributed by atoms with Crippen molar-refractivity contribution >= 4 is 0 Å². The zero-order valence-corrected chi connectivity index (χ0v) is 13.1. The Morgan fingerprint density at radius 1 is 1.24 bits per heavy atom. The van der Waals surface area contributed by atoms with Crippen LogP contribution in [0.3, 0.4) is 0 Å². The maximum absolute atomic E-state index is 13.1. The summed E-state index contributed by atoms with van der Waals surface area (Å²) in [5, 5.41) is 0. The first kappa shape index (κ1) is 17.0. The topological polar surface area (TPSA) is 32.5 Å². The lowest BCUT2D eigenvalue weighted by Crippen LogP contribution is -2.61. The van der Waals surface area contributed by atoms with Crippen LogP contribution >= 0.6 is 0 Å². The zero-order chi connectivity index (χ0) is 15.7. The summed E-state index contributed by atoms with van der Waals surface area (Å²) in [6.07, 6.45) is -0.0597. The normalized spacial score (nSPS) is 36.1. The maximum Gasteiger partial charge on any atom is 0.391 e. The monoisotopic (exact) mass is 307 g/mol. The molecular weight excluding hydrogens is 279 g/mol. The molecule has 2 aliphatic rings. The van der Waals surface area contributed by atoms with Gasteiger partial charge in [0.2, 0.25) is 0 Å². The SMILES string of the molecule is CN(C)C1CCCN(C2(CN)CCCC(C(F)(F)F)C2)C1. The van der Waals surface area contributed by atoms with E-state index in [1.165, 1.54) is 0 Å². The molecule has 1 saturated heterocycles. The van der Waals surface area contributed by atoms with Crippen LogP contribution < -0.4 is 5.73 Å². The van der Waals surface area contributed by atoms with Crippen LogP contribution in [0.1, 0.15) is 38.5 Å². The van der Waals surface area contributed by atoms with E-state index in [-0.39, 0.29) is 12.8 Å². The lowest BCUT2D eigenvalue weighted by atomic mass is 9.73. The highest BCUT2D eigenvalue weighted by Gasteiger charge is 2.49. The molecule has 0 amide bonds. The Morgan fingerprint density at radius 3 is 2.52 bits per heavy atom. The minimum Gasteiger partial charge on any atom is -0.329 e. The third-order valence-electron chi connectivity index (χ3n) is 5.46. The summed E-state index contributed by atoms with van der Waals surface area (Å²) in [7, 11) is 4.09. The molecule has 1 saturated carbocycles. The molecule has 0 bridgehead atoms. The Morgan fingerprint density at radius 2 is 1.95 bits per heavy atom. The van der Waals surface area contributed by atoms with E-state index in [4.69, 9.17) is 5.73 Å². The first-order valence-electron chi connectivity index (χ1n) is 7.97. The van der Waals surface area contributed by atoms with Crippen molar-refractivity contribution in [2.75, 3.05) is 33.7 Å². The van der Waals surface area contributed by atoms with Gasteiger partial charge in [0.05, 0.1) is 5.92 Å². The number of nitrogens with zero attached hydrogens (tertiary/aromatic N) is 2. The van der Waals surface area contributed by atoms with Crippen LogP contribution in [-0.2, 0) is 0 Å². The Bertz CT molecular complexity index is 346. The van der Waals surface area contributed by atoms with E-state index in [0.717, 1.165) is 32.4 Å². The molecule has 3 unspecified atom stereocenters. The molecule has 1 heterocycles. The fraction of sp³-hybridized carbons (Fsp3) is 1.00. The third kappa shape index (κ3) is 3.71. The van der Waals surface area contributed by atoms with Gasteiger partial charge in [-0.05, 0) is 52.7 Å². The molecule has 1 aliphatic heterocycles. The van der Waals surface area contributed by atoms with Crippen molar-refractivity contribution in [3.05, 3.63) is 0 Å². The number of likely N-dealkylation sites (N-methyl/N-ethyl adjacent to an activating group) is 1. The molecule has 2 N–H and O–H groups in total. The summed E-state index contributed by atoms with van der Waals surface area (Å²) < 4.78 is 39.4. The maximum atomic E-state index is 13.1. The number of nitrogens with two attached hydrogens (primary N) is 1. The quantitative estimate of drug-likeness (QED) is 0.869. The number of piperidine rings is 1. The molecule has 3 nitrogen and oxygen atoms in total.